The van der Waals surface area contributed by atoms with E-state index in [9.17, 15) is 9.59 Å². The van der Waals surface area contributed by atoms with Crippen LogP contribution in [0.15, 0.2) is 0 Å². The maximum absolute atomic E-state index is 11.9. The molecule has 2 atom stereocenters. The van der Waals surface area contributed by atoms with Gasteiger partial charge in [0.1, 0.15) is 0 Å². The van der Waals surface area contributed by atoms with Gasteiger partial charge >= 0.3 is 12.0 Å². The van der Waals surface area contributed by atoms with E-state index in [2.05, 4.69) is 5.32 Å². The Bertz CT molecular complexity index is 301. The number of hydrogen-bond acceptors (Lipinski definition) is 4. The molecule has 6 nitrogen and oxygen atoms in total. The number of carbonyl (C=O) groups excluding carboxylic acids is 1. The lowest BCUT2D eigenvalue weighted by molar-refractivity contribution is -0.141. The van der Waals surface area contributed by atoms with E-state index in [1.807, 2.05) is 13.2 Å². The van der Waals surface area contributed by atoms with E-state index >= 15 is 0 Å². The van der Waals surface area contributed by atoms with Crippen molar-refractivity contribution in [1.29, 1.82) is 0 Å². The number of morpholine rings is 1. The number of thioether (sulfide) groups is 1. The smallest absolute Gasteiger partial charge is 0.317 e. The number of aliphatic carboxylic acids is 1. The molecular formula is C11H20N2O4S. The van der Waals surface area contributed by atoms with Gasteiger partial charge in [-0.15, -0.1) is 0 Å². The van der Waals surface area contributed by atoms with E-state index in [-0.39, 0.29) is 12.5 Å². The van der Waals surface area contributed by atoms with Crippen molar-refractivity contribution in [3.63, 3.8) is 0 Å². The summed E-state index contributed by atoms with van der Waals surface area (Å²) in [5.74, 6) is -0.904. The third-order valence-electron chi connectivity index (χ3n) is 2.77. The molecule has 1 rings (SSSR count). The van der Waals surface area contributed by atoms with Gasteiger partial charge < -0.3 is 20.1 Å². The Balaban J connectivity index is 2.36. The van der Waals surface area contributed by atoms with Crippen LogP contribution in [0.4, 0.5) is 4.79 Å². The van der Waals surface area contributed by atoms with Crippen LogP contribution in [0.2, 0.25) is 0 Å². The Morgan fingerprint density at radius 1 is 1.61 bits per heavy atom. The van der Waals surface area contributed by atoms with Gasteiger partial charge in [-0.3, -0.25) is 4.79 Å². The molecule has 0 aromatic carbocycles. The number of carboxylic acid groups (broad SMARTS) is 1. The maximum atomic E-state index is 11.9. The number of amides is 2. The topological polar surface area (TPSA) is 78.9 Å². The molecule has 1 aliphatic heterocycles. The normalized spacial score (nSPS) is 21.4. The molecule has 0 bridgehead atoms. The maximum Gasteiger partial charge on any atom is 0.317 e. The zero-order valence-corrected chi connectivity index (χ0v) is 11.5. The summed E-state index contributed by atoms with van der Waals surface area (Å²) < 4.78 is 5.31. The second-order valence-corrected chi connectivity index (χ2v) is 5.55. The van der Waals surface area contributed by atoms with Crippen LogP contribution in [-0.4, -0.2) is 65.9 Å². The van der Waals surface area contributed by atoms with Gasteiger partial charge in [-0.05, 0) is 6.26 Å². The van der Waals surface area contributed by atoms with Gasteiger partial charge in [0.05, 0.1) is 19.1 Å². The number of hydrogen-bond donors (Lipinski definition) is 2. The van der Waals surface area contributed by atoms with Crippen LogP contribution in [0.3, 0.4) is 0 Å². The lowest BCUT2D eigenvalue weighted by Crippen LogP contribution is -2.50. The molecule has 104 valence electrons. The van der Waals surface area contributed by atoms with Gasteiger partial charge in [0.15, 0.2) is 0 Å². The van der Waals surface area contributed by atoms with E-state index in [4.69, 9.17) is 9.84 Å². The molecule has 2 N–H and O–H groups in total. The van der Waals surface area contributed by atoms with Crippen LogP contribution in [-0.2, 0) is 9.53 Å². The lowest BCUT2D eigenvalue weighted by atomic mass is 10.2. The zero-order valence-electron chi connectivity index (χ0n) is 10.7. The fourth-order valence-corrected chi connectivity index (χ4v) is 1.90. The average Bonchev–Trinajstić information content (AvgIpc) is 2.35. The number of nitrogens with one attached hydrogen (secondary N) is 1. The molecule has 0 radical (unpaired) electrons. The monoisotopic (exact) mass is 276 g/mol. The Labute approximate surface area is 111 Å². The molecule has 1 fully saturated rings. The number of carboxylic acids is 1. The SMILES string of the molecule is CSC(C)CNC(=O)N1CCOC(CC(=O)O)C1. The van der Waals surface area contributed by atoms with Crippen molar-refractivity contribution in [2.24, 2.45) is 0 Å². The van der Waals surface area contributed by atoms with Crippen LogP contribution < -0.4 is 5.32 Å². The summed E-state index contributed by atoms with van der Waals surface area (Å²) in [5.41, 5.74) is 0. The largest absolute Gasteiger partial charge is 0.481 e. The highest BCUT2D eigenvalue weighted by Gasteiger charge is 2.25. The number of carbonyl (C=O) groups is 2. The summed E-state index contributed by atoms with van der Waals surface area (Å²) in [6.45, 7) is 3.89. The average molecular weight is 276 g/mol. The predicted octanol–water partition coefficient (Wildman–Crippen LogP) is 0.623. The van der Waals surface area contributed by atoms with E-state index in [1.165, 1.54) is 0 Å². The summed E-state index contributed by atoms with van der Waals surface area (Å²) in [6, 6.07) is -0.144. The Morgan fingerprint density at radius 3 is 2.94 bits per heavy atom. The summed E-state index contributed by atoms with van der Waals surface area (Å²) in [6.07, 6.45) is 1.53. The standard InChI is InChI=1S/C11H20N2O4S/c1-8(18-2)6-12-11(16)13-3-4-17-9(7-13)5-10(14)15/h8-9H,3-7H2,1-2H3,(H,12,16)(H,14,15). The van der Waals surface area contributed by atoms with Crippen LogP contribution in [0.5, 0.6) is 0 Å². The molecule has 18 heavy (non-hydrogen) atoms. The first-order valence-electron chi connectivity index (χ1n) is 5.92. The number of urea groups is 1. The summed E-state index contributed by atoms with van der Waals surface area (Å²) in [5, 5.41) is 11.9. The van der Waals surface area contributed by atoms with E-state index in [0.29, 0.717) is 31.5 Å². The summed E-state index contributed by atoms with van der Waals surface area (Å²) in [4.78, 5) is 24.1. The Hall–Kier alpha value is -0.950. The highest BCUT2D eigenvalue weighted by atomic mass is 32.2. The van der Waals surface area contributed by atoms with Crippen molar-refractivity contribution in [2.75, 3.05) is 32.5 Å². The minimum Gasteiger partial charge on any atom is -0.481 e. The molecule has 0 spiro atoms. The molecule has 0 aromatic heterocycles. The van der Waals surface area contributed by atoms with E-state index in [1.54, 1.807) is 16.7 Å². The molecule has 0 aliphatic carbocycles. The van der Waals surface area contributed by atoms with E-state index < -0.39 is 12.1 Å². The van der Waals surface area contributed by atoms with Gasteiger partial charge in [0.25, 0.3) is 0 Å². The second-order valence-electron chi connectivity index (χ2n) is 4.27. The first kappa shape index (κ1) is 15.1. The highest BCUT2D eigenvalue weighted by molar-refractivity contribution is 7.99. The number of nitrogens with zero attached hydrogens (tertiary/aromatic N) is 1. The molecule has 1 heterocycles. The molecule has 2 unspecified atom stereocenters. The van der Waals surface area contributed by atoms with Gasteiger partial charge in [0, 0.05) is 24.9 Å². The summed E-state index contributed by atoms with van der Waals surface area (Å²) >= 11 is 1.69. The fraction of sp³-hybridized carbons (Fsp3) is 0.818. The van der Waals surface area contributed by atoms with Gasteiger partial charge in [0.2, 0.25) is 0 Å². The van der Waals surface area contributed by atoms with Crippen molar-refractivity contribution in [3.05, 3.63) is 0 Å². The quantitative estimate of drug-likeness (QED) is 0.769. The molecule has 1 aliphatic rings. The number of ether oxygens (including phenoxy) is 1. The van der Waals surface area contributed by atoms with Crippen LogP contribution in [0, 0.1) is 0 Å². The van der Waals surface area contributed by atoms with E-state index in [0.717, 1.165) is 0 Å². The highest BCUT2D eigenvalue weighted by Crippen LogP contribution is 2.09. The third kappa shape index (κ3) is 5.14. The molecule has 7 heteroatoms. The summed E-state index contributed by atoms with van der Waals surface area (Å²) in [7, 11) is 0. The third-order valence-corrected chi connectivity index (χ3v) is 3.74. The molecule has 2 amide bonds. The van der Waals surface area contributed by atoms with Crippen molar-refractivity contribution in [3.8, 4) is 0 Å². The molecule has 1 saturated heterocycles. The van der Waals surface area contributed by atoms with Crippen molar-refractivity contribution in [2.45, 2.75) is 24.7 Å². The Morgan fingerprint density at radius 2 is 2.33 bits per heavy atom. The van der Waals surface area contributed by atoms with Gasteiger partial charge in [-0.2, -0.15) is 11.8 Å². The Kier molecular flexibility index (Phi) is 6.28. The number of rotatable bonds is 5. The first-order chi connectivity index (χ1) is 8.52. The lowest BCUT2D eigenvalue weighted by Gasteiger charge is -2.32. The van der Waals surface area contributed by atoms with Crippen molar-refractivity contribution < 1.29 is 19.4 Å². The fourth-order valence-electron chi connectivity index (χ4n) is 1.65. The second kappa shape index (κ2) is 7.48. The van der Waals surface area contributed by atoms with Gasteiger partial charge in [-0.25, -0.2) is 4.79 Å². The van der Waals surface area contributed by atoms with Gasteiger partial charge in [-0.1, -0.05) is 6.92 Å². The molecular weight excluding hydrogens is 256 g/mol. The molecule has 0 saturated carbocycles. The van der Waals surface area contributed by atoms with Crippen molar-refractivity contribution in [1.82, 2.24) is 10.2 Å². The van der Waals surface area contributed by atoms with Crippen LogP contribution >= 0.6 is 11.8 Å². The minimum atomic E-state index is -0.904. The molecule has 0 aromatic rings. The first-order valence-corrected chi connectivity index (χ1v) is 7.20. The predicted molar refractivity (Wildman–Crippen MR) is 69.9 cm³/mol. The zero-order chi connectivity index (χ0) is 13.5. The van der Waals surface area contributed by atoms with Crippen molar-refractivity contribution >= 4 is 23.8 Å². The van der Waals surface area contributed by atoms with Crippen LogP contribution in [0.1, 0.15) is 13.3 Å². The van der Waals surface area contributed by atoms with Crippen LogP contribution in [0.25, 0.3) is 0 Å². The minimum absolute atomic E-state index is 0.0645.